The first-order valence-electron chi connectivity index (χ1n) is 7.56. The van der Waals surface area contributed by atoms with Crippen LogP contribution in [0, 0.1) is 12.7 Å². The van der Waals surface area contributed by atoms with E-state index in [4.69, 9.17) is 0 Å². The third kappa shape index (κ3) is 3.56. The first kappa shape index (κ1) is 15.2. The van der Waals surface area contributed by atoms with Gasteiger partial charge >= 0.3 is 0 Å². The van der Waals surface area contributed by atoms with Crippen LogP contribution in [0.5, 0.6) is 0 Å². The standard InChI is InChI=1S/C18H18FN3O/c1-13-21-16-7-2-3-8-17(16)22(13)10-9-20-18(23)12-14-5-4-6-15(19)11-14/h2-8,11H,9-10,12H2,1H3,(H,20,23). The highest BCUT2D eigenvalue weighted by Gasteiger charge is 2.08. The van der Waals surface area contributed by atoms with Gasteiger partial charge in [0.25, 0.3) is 0 Å². The van der Waals surface area contributed by atoms with Crippen molar-refractivity contribution in [3.05, 3.63) is 65.7 Å². The number of halogens is 1. The van der Waals surface area contributed by atoms with Crippen molar-refractivity contribution >= 4 is 16.9 Å². The summed E-state index contributed by atoms with van der Waals surface area (Å²) in [6.45, 7) is 3.12. The van der Waals surface area contributed by atoms with Crippen LogP contribution in [0.15, 0.2) is 48.5 Å². The third-order valence-electron chi connectivity index (χ3n) is 3.76. The summed E-state index contributed by atoms with van der Waals surface area (Å²) in [7, 11) is 0. The number of benzene rings is 2. The summed E-state index contributed by atoms with van der Waals surface area (Å²) >= 11 is 0. The van der Waals surface area contributed by atoms with E-state index in [0.29, 0.717) is 18.7 Å². The Bertz CT molecular complexity index is 841. The van der Waals surface area contributed by atoms with Crippen molar-refractivity contribution in [2.75, 3.05) is 6.54 Å². The molecule has 0 aliphatic rings. The highest BCUT2D eigenvalue weighted by molar-refractivity contribution is 5.78. The maximum atomic E-state index is 13.1. The fourth-order valence-electron chi connectivity index (χ4n) is 2.68. The van der Waals surface area contributed by atoms with Crippen molar-refractivity contribution in [1.82, 2.24) is 14.9 Å². The van der Waals surface area contributed by atoms with Gasteiger partial charge in [0.15, 0.2) is 0 Å². The lowest BCUT2D eigenvalue weighted by Crippen LogP contribution is -2.28. The van der Waals surface area contributed by atoms with Crippen molar-refractivity contribution in [3.63, 3.8) is 0 Å². The fraction of sp³-hybridized carbons (Fsp3) is 0.222. The second kappa shape index (κ2) is 6.60. The molecule has 3 aromatic rings. The topological polar surface area (TPSA) is 46.9 Å². The summed E-state index contributed by atoms with van der Waals surface area (Å²) in [5.74, 6) is 0.485. The Morgan fingerprint density at radius 3 is 2.87 bits per heavy atom. The number of hydrogen-bond donors (Lipinski definition) is 1. The minimum absolute atomic E-state index is 0.113. The lowest BCUT2D eigenvalue weighted by atomic mass is 10.1. The van der Waals surface area contributed by atoms with Crippen LogP contribution in [0.4, 0.5) is 4.39 Å². The molecule has 0 unspecified atom stereocenters. The van der Waals surface area contributed by atoms with E-state index in [9.17, 15) is 9.18 Å². The quantitative estimate of drug-likeness (QED) is 0.787. The Hall–Kier alpha value is -2.69. The number of nitrogens with zero attached hydrogens (tertiary/aromatic N) is 2. The molecule has 1 N–H and O–H groups in total. The molecule has 1 amide bonds. The maximum Gasteiger partial charge on any atom is 0.224 e. The van der Waals surface area contributed by atoms with Gasteiger partial charge in [0.05, 0.1) is 17.5 Å². The van der Waals surface area contributed by atoms with Crippen molar-refractivity contribution in [1.29, 1.82) is 0 Å². The van der Waals surface area contributed by atoms with Crippen molar-refractivity contribution in [3.8, 4) is 0 Å². The number of hydrogen-bond acceptors (Lipinski definition) is 2. The lowest BCUT2D eigenvalue weighted by molar-refractivity contribution is -0.120. The first-order chi connectivity index (χ1) is 11.1. The molecule has 23 heavy (non-hydrogen) atoms. The number of rotatable bonds is 5. The van der Waals surface area contributed by atoms with Crippen LogP contribution in [0.1, 0.15) is 11.4 Å². The van der Waals surface area contributed by atoms with Crippen LogP contribution in [-0.4, -0.2) is 22.0 Å². The van der Waals surface area contributed by atoms with E-state index >= 15 is 0 Å². The van der Waals surface area contributed by atoms with Gasteiger partial charge in [-0.2, -0.15) is 0 Å². The zero-order chi connectivity index (χ0) is 16.2. The molecule has 0 saturated heterocycles. The number of imidazole rings is 1. The highest BCUT2D eigenvalue weighted by Crippen LogP contribution is 2.14. The minimum atomic E-state index is -0.323. The molecule has 1 aromatic heterocycles. The number of aromatic nitrogens is 2. The molecule has 0 spiro atoms. The van der Waals surface area contributed by atoms with Crippen LogP contribution in [0.3, 0.4) is 0 Å². The summed E-state index contributed by atoms with van der Waals surface area (Å²) in [6, 6.07) is 14.0. The lowest BCUT2D eigenvalue weighted by Gasteiger charge is -2.09. The van der Waals surface area contributed by atoms with E-state index in [0.717, 1.165) is 16.9 Å². The smallest absolute Gasteiger partial charge is 0.224 e. The predicted molar refractivity (Wildman–Crippen MR) is 87.6 cm³/mol. The van der Waals surface area contributed by atoms with Gasteiger partial charge in [-0.25, -0.2) is 9.37 Å². The molecule has 0 atom stereocenters. The average Bonchev–Trinajstić information content (AvgIpc) is 2.83. The number of aryl methyl sites for hydroxylation is 1. The van der Waals surface area contributed by atoms with E-state index in [1.165, 1.54) is 12.1 Å². The second-order valence-corrected chi connectivity index (χ2v) is 5.46. The van der Waals surface area contributed by atoms with Gasteiger partial charge in [-0.15, -0.1) is 0 Å². The molecular weight excluding hydrogens is 293 g/mol. The summed E-state index contributed by atoms with van der Waals surface area (Å²) < 4.78 is 15.2. The Morgan fingerprint density at radius 2 is 2.04 bits per heavy atom. The Labute approximate surface area is 134 Å². The molecule has 0 radical (unpaired) electrons. The molecule has 0 aliphatic heterocycles. The van der Waals surface area contributed by atoms with Gasteiger partial charge in [-0.3, -0.25) is 4.79 Å². The maximum absolute atomic E-state index is 13.1. The van der Waals surface area contributed by atoms with Gasteiger partial charge in [0.2, 0.25) is 5.91 Å². The number of nitrogens with one attached hydrogen (secondary N) is 1. The van der Waals surface area contributed by atoms with Gasteiger partial charge in [-0.1, -0.05) is 24.3 Å². The third-order valence-corrected chi connectivity index (χ3v) is 3.76. The minimum Gasteiger partial charge on any atom is -0.354 e. The van der Waals surface area contributed by atoms with Crippen LogP contribution < -0.4 is 5.32 Å². The Morgan fingerprint density at radius 1 is 1.22 bits per heavy atom. The number of amides is 1. The molecule has 5 heteroatoms. The molecular formula is C18H18FN3O. The van der Waals surface area contributed by atoms with Crippen molar-refractivity contribution < 1.29 is 9.18 Å². The van der Waals surface area contributed by atoms with Crippen molar-refractivity contribution in [2.24, 2.45) is 0 Å². The van der Waals surface area contributed by atoms with Crippen LogP contribution in [0.25, 0.3) is 11.0 Å². The van der Waals surface area contributed by atoms with Crippen LogP contribution >= 0.6 is 0 Å². The van der Waals surface area contributed by atoms with E-state index in [1.54, 1.807) is 12.1 Å². The van der Waals surface area contributed by atoms with Crippen LogP contribution in [-0.2, 0) is 17.8 Å². The van der Waals surface area contributed by atoms with E-state index < -0.39 is 0 Å². The zero-order valence-corrected chi connectivity index (χ0v) is 12.9. The first-order valence-corrected chi connectivity index (χ1v) is 7.56. The molecule has 118 valence electrons. The normalized spacial score (nSPS) is 10.9. The van der Waals surface area contributed by atoms with E-state index in [1.807, 2.05) is 31.2 Å². The molecule has 3 rings (SSSR count). The number of carbonyl (C=O) groups excluding carboxylic acids is 1. The summed E-state index contributed by atoms with van der Waals surface area (Å²) in [6.07, 6.45) is 0.182. The molecule has 4 nitrogen and oxygen atoms in total. The predicted octanol–water partition coefficient (Wildman–Crippen LogP) is 2.84. The average molecular weight is 311 g/mol. The van der Waals surface area contributed by atoms with Gasteiger partial charge in [-0.05, 0) is 36.8 Å². The second-order valence-electron chi connectivity index (χ2n) is 5.46. The molecule has 0 saturated carbocycles. The fourth-order valence-corrected chi connectivity index (χ4v) is 2.68. The molecule has 2 aromatic carbocycles. The Balaban J connectivity index is 1.58. The number of carbonyl (C=O) groups is 1. The number of fused-ring (bicyclic) bond motifs is 1. The zero-order valence-electron chi connectivity index (χ0n) is 12.9. The van der Waals surface area contributed by atoms with Crippen molar-refractivity contribution in [2.45, 2.75) is 19.9 Å². The number of para-hydroxylation sites is 2. The summed E-state index contributed by atoms with van der Waals surface area (Å²) in [5, 5.41) is 2.87. The largest absolute Gasteiger partial charge is 0.354 e. The molecule has 0 fully saturated rings. The van der Waals surface area contributed by atoms with Crippen LogP contribution in [0.2, 0.25) is 0 Å². The van der Waals surface area contributed by atoms with Gasteiger partial charge in [0, 0.05) is 13.1 Å². The summed E-state index contributed by atoms with van der Waals surface area (Å²) in [5.41, 5.74) is 2.69. The summed E-state index contributed by atoms with van der Waals surface area (Å²) in [4.78, 5) is 16.4. The van der Waals surface area contributed by atoms with E-state index in [2.05, 4.69) is 14.9 Å². The molecule has 0 bridgehead atoms. The SMILES string of the molecule is Cc1nc2ccccc2n1CCNC(=O)Cc1cccc(F)c1. The molecule has 0 aliphatic carbocycles. The highest BCUT2D eigenvalue weighted by atomic mass is 19.1. The molecule has 1 heterocycles. The Kier molecular flexibility index (Phi) is 4.37. The van der Waals surface area contributed by atoms with Gasteiger partial charge < -0.3 is 9.88 Å². The monoisotopic (exact) mass is 311 g/mol. The van der Waals surface area contributed by atoms with E-state index in [-0.39, 0.29) is 18.1 Å². The van der Waals surface area contributed by atoms with Gasteiger partial charge in [0.1, 0.15) is 11.6 Å².